The summed E-state index contributed by atoms with van der Waals surface area (Å²) in [4.78, 5) is 0. The molecule has 0 bridgehead atoms. The van der Waals surface area contributed by atoms with Gasteiger partial charge < -0.3 is 10.4 Å². The van der Waals surface area contributed by atoms with E-state index in [0.29, 0.717) is 23.1 Å². The lowest BCUT2D eigenvalue weighted by Gasteiger charge is -2.11. The molecule has 0 aliphatic heterocycles. The number of halogens is 2. The van der Waals surface area contributed by atoms with Gasteiger partial charge in [0, 0.05) is 12.1 Å². The highest BCUT2D eigenvalue weighted by molar-refractivity contribution is 6.42. The Kier molecular flexibility index (Phi) is 4.91. The van der Waals surface area contributed by atoms with Crippen molar-refractivity contribution in [3.63, 3.8) is 0 Å². The van der Waals surface area contributed by atoms with Crippen molar-refractivity contribution in [1.29, 1.82) is 0 Å². The number of aliphatic hydroxyl groups is 1. The fourth-order valence-electron chi connectivity index (χ4n) is 2.02. The molecule has 0 radical (unpaired) electrons. The van der Waals surface area contributed by atoms with Gasteiger partial charge >= 0.3 is 0 Å². The normalized spacial score (nSPS) is 10.8. The van der Waals surface area contributed by atoms with Crippen molar-refractivity contribution in [3.8, 4) is 0 Å². The zero-order valence-electron chi connectivity index (χ0n) is 11.5. The summed E-state index contributed by atoms with van der Waals surface area (Å²) in [6.07, 6.45) is 0. The summed E-state index contributed by atoms with van der Waals surface area (Å²) in [6.45, 7) is 5.00. The molecule has 1 heterocycles. The van der Waals surface area contributed by atoms with E-state index in [-0.39, 0.29) is 6.61 Å². The van der Waals surface area contributed by atoms with E-state index in [1.54, 1.807) is 10.7 Å². The minimum atomic E-state index is 0.0488. The van der Waals surface area contributed by atoms with Gasteiger partial charge in [-0.05, 0) is 25.5 Å². The van der Waals surface area contributed by atoms with E-state index < -0.39 is 0 Å². The van der Waals surface area contributed by atoms with Crippen molar-refractivity contribution in [2.75, 3.05) is 11.9 Å². The highest BCUT2D eigenvalue weighted by atomic mass is 35.5. The number of aliphatic hydroxyl groups excluding tert-OH is 1. The van der Waals surface area contributed by atoms with Gasteiger partial charge in [0.05, 0.1) is 28.9 Å². The van der Waals surface area contributed by atoms with Gasteiger partial charge in [-0.25, -0.2) is 4.68 Å². The number of anilines is 1. The first-order chi connectivity index (χ1) is 9.54. The zero-order valence-corrected chi connectivity index (χ0v) is 13.0. The second-order valence-corrected chi connectivity index (χ2v) is 5.36. The van der Waals surface area contributed by atoms with Crippen LogP contribution >= 0.6 is 23.2 Å². The molecule has 20 heavy (non-hydrogen) atoms. The fraction of sp³-hybridized carbons (Fsp3) is 0.357. The molecule has 1 aromatic heterocycles. The summed E-state index contributed by atoms with van der Waals surface area (Å²) in [5.41, 5.74) is 2.93. The van der Waals surface area contributed by atoms with Crippen LogP contribution in [-0.4, -0.2) is 21.5 Å². The van der Waals surface area contributed by atoms with Gasteiger partial charge in [0.25, 0.3) is 0 Å². The van der Waals surface area contributed by atoms with Gasteiger partial charge in [0.15, 0.2) is 0 Å². The van der Waals surface area contributed by atoms with E-state index in [0.717, 1.165) is 22.6 Å². The molecule has 0 fully saturated rings. The third-order valence-electron chi connectivity index (χ3n) is 3.22. The van der Waals surface area contributed by atoms with Crippen molar-refractivity contribution in [2.45, 2.75) is 26.9 Å². The number of aryl methyl sites for hydroxylation is 1. The minimum absolute atomic E-state index is 0.0488. The van der Waals surface area contributed by atoms with Crippen LogP contribution in [0.25, 0.3) is 0 Å². The van der Waals surface area contributed by atoms with Crippen molar-refractivity contribution in [2.24, 2.45) is 0 Å². The SMILES string of the molecule is Cc1nn(CCO)c(NCc2cccc(Cl)c2Cl)c1C. The average Bonchev–Trinajstić information content (AvgIpc) is 2.68. The molecule has 2 N–H and O–H groups in total. The van der Waals surface area contributed by atoms with Gasteiger partial charge in [-0.2, -0.15) is 5.10 Å². The third-order valence-corrected chi connectivity index (χ3v) is 4.07. The second-order valence-electron chi connectivity index (χ2n) is 4.57. The number of aromatic nitrogens is 2. The lowest BCUT2D eigenvalue weighted by Crippen LogP contribution is -2.11. The lowest BCUT2D eigenvalue weighted by atomic mass is 10.2. The van der Waals surface area contributed by atoms with Gasteiger partial charge in [0.1, 0.15) is 5.82 Å². The first-order valence-electron chi connectivity index (χ1n) is 6.36. The Labute approximate surface area is 128 Å². The molecule has 6 heteroatoms. The minimum Gasteiger partial charge on any atom is -0.394 e. The molecule has 0 unspecified atom stereocenters. The number of nitrogens with one attached hydrogen (secondary N) is 1. The smallest absolute Gasteiger partial charge is 0.127 e. The maximum atomic E-state index is 9.08. The summed E-state index contributed by atoms with van der Waals surface area (Å²) in [6, 6.07) is 5.56. The maximum Gasteiger partial charge on any atom is 0.127 e. The molecule has 108 valence electrons. The van der Waals surface area contributed by atoms with Crippen LogP contribution in [0.2, 0.25) is 10.0 Å². The van der Waals surface area contributed by atoms with Crippen LogP contribution in [0.3, 0.4) is 0 Å². The van der Waals surface area contributed by atoms with Crippen LogP contribution in [0.15, 0.2) is 18.2 Å². The predicted molar refractivity (Wildman–Crippen MR) is 82.6 cm³/mol. The number of hydrogen-bond acceptors (Lipinski definition) is 3. The molecule has 0 aliphatic carbocycles. The summed E-state index contributed by atoms with van der Waals surface area (Å²) < 4.78 is 1.77. The predicted octanol–water partition coefficient (Wildman–Crippen LogP) is 3.41. The Hall–Kier alpha value is -1.23. The molecule has 0 amide bonds. The Balaban J connectivity index is 2.20. The largest absolute Gasteiger partial charge is 0.394 e. The summed E-state index contributed by atoms with van der Waals surface area (Å²) >= 11 is 12.2. The van der Waals surface area contributed by atoms with Crippen LogP contribution in [0, 0.1) is 13.8 Å². The van der Waals surface area contributed by atoms with Crippen LogP contribution in [0.1, 0.15) is 16.8 Å². The molecule has 4 nitrogen and oxygen atoms in total. The molecule has 0 aliphatic rings. The van der Waals surface area contributed by atoms with E-state index in [2.05, 4.69) is 10.4 Å². The molecule has 0 atom stereocenters. The molecular weight excluding hydrogens is 297 g/mol. The Morgan fingerprint density at radius 1 is 1.30 bits per heavy atom. The molecule has 2 aromatic rings. The van der Waals surface area contributed by atoms with E-state index in [1.807, 2.05) is 26.0 Å². The number of rotatable bonds is 5. The summed E-state index contributed by atoms with van der Waals surface area (Å²) in [5.74, 6) is 0.896. The van der Waals surface area contributed by atoms with Gasteiger partial charge in [-0.1, -0.05) is 35.3 Å². The molecule has 0 saturated carbocycles. The molecule has 2 rings (SSSR count). The topological polar surface area (TPSA) is 50.1 Å². The lowest BCUT2D eigenvalue weighted by molar-refractivity contribution is 0.270. The Bertz CT molecular complexity index is 611. The highest BCUT2D eigenvalue weighted by Gasteiger charge is 2.12. The van der Waals surface area contributed by atoms with Crippen molar-refractivity contribution >= 4 is 29.0 Å². The van der Waals surface area contributed by atoms with Gasteiger partial charge in [-0.15, -0.1) is 0 Å². The molecule has 0 saturated heterocycles. The second kappa shape index (κ2) is 6.48. The van der Waals surface area contributed by atoms with Crippen molar-refractivity contribution in [3.05, 3.63) is 45.1 Å². The van der Waals surface area contributed by atoms with Crippen LogP contribution in [0.5, 0.6) is 0 Å². The van der Waals surface area contributed by atoms with Gasteiger partial charge in [0.2, 0.25) is 0 Å². The van der Waals surface area contributed by atoms with E-state index in [4.69, 9.17) is 28.3 Å². The van der Waals surface area contributed by atoms with E-state index in [1.165, 1.54) is 0 Å². The van der Waals surface area contributed by atoms with E-state index in [9.17, 15) is 0 Å². The van der Waals surface area contributed by atoms with Crippen molar-refractivity contribution in [1.82, 2.24) is 9.78 Å². The number of hydrogen-bond donors (Lipinski definition) is 2. The summed E-state index contributed by atoms with van der Waals surface area (Å²) in [5, 5.41) is 17.9. The Morgan fingerprint density at radius 3 is 2.75 bits per heavy atom. The zero-order chi connectivity index (χ0) is 14.7. The number of benzene rings is 1. The molecule has 0 spiro atoms. The average molecular weight is 314 g/mol. The molecule has 1 aromatic carbocycles. The standard InChI is InChI=1S/C14H17Cl2N3O/c1-9-10(2)18-19(6-7-20)14(9)17-8-11-4-3-5-12(15)13(11)16/h3-5,17,20H,6-8H2,1-2H3. The summed E-state index contributed by atoms with van der Waals surface area (Å²) in [7, 11) is 0. The fourth-order valence-corrected chi connectivity index (χ4v) is 2.40. The first-order valence-corrected chi connectivity index (χ1v) is 7.11. The monoisotopic (exact) mass is 313 g/mol. The van der Waals surface area contributed by atoms with Crippen LogP contribution < -0.4 is 5.32 Å². The van der Waals surface area contributed by atoms with E-state index >= 15 is 0 Å². The molecular formula is C14H17Cl2N3O. The quantitative estimate of drug-likeness (QED) is 0.889. The van der Waals surface area contributed by atoms with Gasteiger partial charge in [-0.3, -0.25) is 0 Å². The maximum absolute atomic E-state index is 9.08. The first kappa shape index (κ1) is 15.2. The number of nitrogens with zero attached hydrogens (tertiary/aromatic N) is 2. The third kappa shape index (κ3) is 3.08. The van der Waals surface area contributed by atoms with Crippen molar-refractivity contribution < 1.29 is 5.11 Å². The Morgan fingerprint density at radius 2 is 2.05 bits per heavy atom. The highest BCUT2D eigenvalue weighted by Crippen LogP contribution is 2.27. The van der Waals surface area contributed by atoms with Crippen LogP contribution in [0.4, 0.5) is 5.82 Å². The van der Waals surface area contributed by atoms with Crippen LogP contribution in [-0.2, 0) is 13.1 Å².